The van der Waals surface area contributed by atoms with Crippen LogP contribution in [0.15, 0.2) is 65.7 Å². The standard InChI is InChI=1S/C24H29ClN4O2S/c1-24(2,3)23-22(18-28(26-23)17-19-8-5-4-6-9-19)32(30,31)29-14-12-27(13-15-29)21-11-7-10-20(25)16-21/h4-11,16,18H,12-15,17H2,1-3H3. The number of aromatic nitrogens is 2. The normalized spacial score (nSPS) is 15.8. The monoisotopic (exact) mass is 472 g/mol. The SMILES string of the molecule is CC(C)(C)c1nn(Cc2ccccc2)cc1S(=O)(=O)N1CCN(c2cccc(Cl)c2)CC1. The Balaban J connectivity index is 1.58. The van der Waals surface area contributed by atoms with Gasteiger partial charge in [0.2, 0.25) is 10.0 Å². The van der Waals surface area contributed by atoms with Gasteiger partial charge < -0.3 is 4.90 Å². The largest absolute Gasteiger partial charge is 0.369 e. The van der Waals surface area contributed by atoms with Gasteiger partial charge in [-0.1, -0.05) is 68.8 Å². The molecule has 0 spiro atoms. The van der Waals surface area contributed by atoms with Gasteiger partial charge in [-0.15, -0.1) is 0 Å². The highest BCUT2D eigenvalue weighted by Crippen LogP contribution is 2.31. The molecule has 0 unspecified atom stereocenters. The first-order chi connectivity index (χ1) is 15.1. The fourth-order valence-electron chi connectivity index (χ4n) is 3.96. The molecule has 2 aromatic carbocycles. The first-order valence-electron chi connectivity index (χ1n) is 10.8. The summed E-state index contributed by atoms with van der Waals surface area (Å²) in [6.45, 7) is 8.59. The zero-order valence-electron chi connectivity index (χ0n) is 18.7. The van der Waals surface area contributed by atoms with Crippen molar-refractivity contribution in [3.63, 3.8) is 0 Å². The molecule has 1 aliphatic heterocycles. The predicted molar refractivity (Wildman–Crippen MR) is 129 cm³/mol. The van der Waals surface area contributed by atoms with Crippen LogP contribution in [0.5, 0.6) is 0 Å². The van der Waals surface area contributed by atoms with Crippen molar-refractivity contribution in [2.24, 2.45) is 0 Å². The molecule has 0 N–H and O–H groups in total. The van der Waals surface area contributed by atoms with E-state index in [9.17, 15) is 8.42 Å². The summed E-state index contributed by atoms with van der Waals surface area (Å²) in [6.07, 6.45) is 1.69. The minimum Gasteiger partial charge on any atom is -0.369 e. The van der Waals surface area contributed by atoms with Gasteiger partial charge in [-0.3, -0.25) is 4.68 Å². The van der Waals surface area contributed by atoms with Gasteiger partial charge in [0.1, 0.15) is 4.90 Å². The highest BCUT2D eigenvalue weighted by Gasteiger charge is 2.35. The second kappa shape index (κ2) is 8.89. The van der Waals surface area contributed by atoms with E-state index in [1.54, 1.807) is 15.2 Å². The van der Waals surface area contributed by atoms with Crippen molar-refractivity contribution in [1.82, 2.24) is 14.1 Å². The van der Waals surface area contributed by atoms with Crippen molar-refractivity contribution in [2.45, 2.75) is 37.6 Å². The van der Waals surface area contributed by atoms with E-state index < -0.39 is 15.4 Å². The molecule has 0 aliphatic carbocycles. The van der Waals surface area contributed by atoms with Gasteiger partial charge in [0.25, 0.3) is 0 Å². The number of nitrogens with zero attached hydrogens (tertiary/aromatic N) is 4. The average molecular weight is 473 g/mol. The molecule has 8 heteroatoms. The van der Waals surface area contributed by atoms with Crippen molar-refractivity contribution >= 4 is 27.3 Å². The van der Waals surface area contributed by atoms with Crippen LogP contribution in [0.1, 0.15) is 32.0 Å². The number of piperazine rings is 1. The zero-order chi connectivity index (χ0) is 22.9. The van der Waals surface area contributed by atoms with E-state index >= 15 is 0 Å². The molecule has 0 bridgehead atoms. The Bertz CT molecular complexity index is 1180. The van der Waals surface area contributed by atoms with Gasteiger partial charge in [0.15, 0.2) is 0 Å². The Morgan fingerprint density at radius 1 is 0.969 bits per heavy atom. The lowest BCUT2D eigenvalue weighted by molar-refractivity contribution is 0.383. The lowest BCUT2D eigenvalue weighted by atomic mass is 9.92. The van der Waals surface area contributed by atoms with Crippen LogP contribution in [0.25, 0.3) is 0 Å². The van der Waals surface area contributed by atoms with Crippen LogP contribution in [0.4, 0.5) is 5.69 Å². The summed E-state index contributed by atoms with van der Waals surface area (Å²) in [6, 6.07) is 17.6. The summed E-state index contributed by atoms with van der Waals surface area (Å²) in [5.74, 6) is 0. The van der Waals surface area contributed by atoms with Crippen LogP contribution >= 0.6 is 11.6 Å². The van der Waals surface area contributed by atoms with Crippen molar-refractivity contribution in [1.29, 1.82) is 0 Å². The maximum Gasteiger partial charge on any atom is 0.246 e. The highest BCUT2D eigenvalue weighted by molar-refractivity contribution is 7.89. The molecule has 1 aliphatic rings. The molecule has 2 heterocycles. The second-order valence-corrected chi connectivity index (χ2v) is 11.5. The molecule has 1 saturated heterocycles. The fraction of sp³-hybridized carbons (Fsp3) is 0.375. The molecule has 0 radical (unpaired) electrons. The number of halogens is 1. The molecule has 32 heavy (non-hydrogen) atoms. The van der Waals surface area contributed by atoms with Crippen LogP contribution in [-0.4, -0.2) is 48.7 Å². The number of benzene rings is 2. The Hall–Kier alpha value is -2.35. The lowest BCUT2D eigenvalue weighted by Gasteiger charge is -2.35. The maximum atomic E-state index is 13.7. The van der Waals surface area contributed by atoms with E-state index in [0.29, 0.717) is 48.3 Å². The van der Waals surface area contributed by atoms with Gasteiger partial charge in [-0.2, -0.15) is 9.40 Å². The van der Waals surface area contributed by atoms with E-state index in [1.165, 1.54) is 0 Å². The van der Waals surface area contributed by atoms with Crippen molar-refractivity contribution in [3.05, 3.63) is 77.1 Å². The van der Waals surface area contributed by atoms with Gasteiger partial charge >= 0.3 is 0 Å². The molecule has 0 amide bonds. The molecule has 0 saturated carbocycles. The topological polar surface area (TPSA) is 58.4 Å². The average Bonchev–Trinajstić information content (AvgIpc) is 3.20. The van der Waals surface area contributed by atoms with Gasteiger partial charge in [0.05, 0.1) is 12.2 Å². The van der Waals surface area contributed by atoms with Crippen LogP contribution in [-0.2, 0) is 22.0 Å². The number of rotatable bonds is 5. The number of sulfonamides is 1. The predicted octanol–water partition coefficient (Wildman–Crippen LogP) is 4.39. The first kappa shape index (κ1) is 22.8. The van der Waals surface area contributed by atoms with E-state index in [1.807, 2.05) is 75.4 Å². The maximum absolute atomic E-state index is 13.7. The quantitative estimate of drug-likeness (QED) is 0.552. The summed E-state index contributed by atoms with van der Waals surface area (Å²) in [7, 11) is -3.66. The Morgan fingerprint density at radius 3 is 2.28 bits per heavy atom. The van der Waals surface area contributed by atoms with Crippen LogP contribution in [0.3, 0.4) is 0 Å². The van der Waals surface area contributed by atoms with Gasteiger partial charge in [-0.25, -0.2) is 8.42 Å². The third kappa shape index (κ3) is 4.85. The van der Waals surface area contributed by atoms with Crippen molar-refractivity contribution in [3.8, 4) is 0 Å². The molecule has 3 aromatic rings. The fourth-order valence-corrected chi connectivity index (χ4v) is 5.91. The van der Waals surface area contributed by atoms with Crippen LogP contribution < -0.4 is 4.90 Å². The van der Waals surface area contributed by atoms with Crippen LogP contribution in [0, 0.1) is 0 Å². The molecular weight excluding hydrogens is 444 g/mol. The van der Waals surface area contributed by atoms with Crippen molar-refractivity contribution in [2.75, 3.05) is 31.1 Å². The Labute approximate surface area is 195 Å². The molecule has 1 aromatic heterocycles. The number of hydrogen-bond acceptors (Lipinski definition) is 4. The minimum atomic E-state index is -3.66. The third-order valence-corrected chi connectivity index (χ3v) is 7.79. The Kier molecular flexibility index (Phi) is 6.34. The molecule has 1 fully saturated rings. The van der Waals surface area contributed by atoms with Gasteiger partial charge in [-0.05, 0) is 23.8 Å². The second-order valence-electron chi connectivity index (χ2n) is 9.15. The number of anilines is 1. The molecule has 4 rings (SSSR count). The molecule has 170 valence electrons. The summed E-state index contributed by atoms with van der Waals surface area (Å²) >= 11 is 6.12. The summed E-state index contributed by atoms with van der Waals surface area (Å²) in [5, 5.41) is 5.37. The van der Waals surface area contributed by atoms with E-state index in [4.69, 9.17) is 16.7 Å². The first-order valence-corrected chi connectivity index (χ1v) is 12.6. The van der Waals surface area contributed by atoms with E-state index in [2.05, 4.69) is 4.90 Å². The number of hydrogen-bond donors (Lipinski definition) is 0. The van der Waals surface area contributed by atoms with E-state index in [-0.39, 0.29) is 0 Å². The molecular formula is C24H29ClN4O2S. The van der Waals surface area contributed by atoms with E-state index in [0.717, 1.165) is 11.3 Å². The molecule has 6 nitrogen and oxygen atoms in total. The van der Waals surface area contributed by atoms with Crippen LogP contribution in [0.2, 0.25) is 5.02 Å². The third-order valence-electron chi connectivity index (χ3n) is 5.66. The minimum absolute atomic E-state index is 0.303. The van der Waals surface area contributed by atoms with Crippen molar-refractivity contribution < 1.29 is 8.42 Å². The molecule has 0 atom stereocenters. The Morgan fingerprint density at radius 2 is 1.66 bits per heavy atom. The zero-order valence-corrected chi connectivity index (χ0v) is 20.3. The summed E-state index contributed by atoms with van der Waals surface area (Å²) < 4.78 is 30.6. The summed E-state index contributed by atoms with van der Waals surface area (Å²) in [4.78, 5) is 2.47. The smallest absolute Gasteiger partial charge is 0.246 e. The highest BCUT2D eigenvalue weighted by atomic mass is 35.5. The van der Waals surface area contributed by atoms with Gasteiger partial charge in [0, 0.05) is 48.5 Å². The lowest BCUT2D eigenvalue weighted by Crippen LogP contribution is -2.48. The summed E-state index contributed by atoms with van der Waals surface area (Å²) in [5.41, 5.74) is 2.30.